The molecule has 0 aromatic heterocycles. The molecule has 2 saturated carbocycles. The molecule has 1 aromatic rings. The summed E-state index contributed by atoms with van der Waals surface area (Å²) in [5.74, 6) is -9.59. The molecule has 0 spiro atoms. The first-order valence-corrected chi connectivity index (χ1v) is 11.2. The van der Waals surface area contributed by atoms with Crippen LogP contribution >= 0.6 is 0 Å². The van der Waals surface area contributed by atoms with Crippen LogP contribution in [-0.4, -0.2) is 91.0 Å². The number of phenolic OH excluding ortho intramolecular Hbond substituents is 1. The Hall–Kier alpha value is -3.11. The van der Waals surface area contributed by atoms with Gasteiger partial charge < -0.3 is 20.4 Å². The van der Waals surface area contributed by atoms with Crippen molar-refractivity contribution < 1.29 is 34.2 Å². The number of hydrogen-bond acceptors (Lipinski definition) is 9. The maximum absolute atomic E-state index is 13.8. The summed E-state index contributed by atoms with van der Waals surface area (Å²) in [5.41, 5.74) is -1.35. The number of aromatic hydroxyl groups is 1. The number of likely N-dealkylation sites (N-methyl/N-ethyl adjacent to an activating group) is 1. The molecule has 10 nitrogen and oxygen atoms in total. The lowest BCUT2D eigenvalue weighted by Crippen LogP contribution is -2.74. The number of carbonyl (C=O) groups is 5. The van der Waals surface area contributed by atoms with E-state index in [1.807, 2.05) is 0 Å². The molecular weight excluding hydrogens is 442 g/mol. The first-order valence-electron chi connectivity index (χ1n) is 11.2. The molecule has 3 aliphatic carbocycles. The van der Waals surface area contributed by atoms with E-state index in [0.29, 0.717) is 11.3 Å². The molecule has 0 bridgehead atoms. The fourth-order valence-electron chi connectivity index (χ4n) is 6.13. The number of aliphatic hydroxyl groups is 1. The van der Waals surface area contributed by atoms with Crippen molar-refractivity contribution in [3.05, 3.63) is 23.3 Å². The van der Waals surface area contributed by atoms with E-state index in [0.717, 1.165) is 0 Å². The minimum atomic E-state index is -2.66. The maximum atomic E-state index is 13.8. The minimum absolute atomic E-state index is 0.00851. The first-order chi connectivity index (χ1) is 15.9. The van der Waals surface area contributed by atoms with Gasteiger partial charge in [-0.2, -0.15) is 0 Å². The van der Waals surface area contributed by atoms with E-state index in [-0.39, 0.29) is 24.2 Å². The van der Waals surface area contributed by atoms with Crippen molar-refractivity contribution in [2.45, 2.75) is 24.5 Å². The third-order valence-corrected chi connectivity index (χ3v) is 7.63. The van der Waals surface area contributed by atoms with Crippen molar-refractivity contribution in [2.24, 2.45) is 23.7 Å². The summed E-state index contributed by atoms with van der Waals surface area (Å²) in [6, 6.07) is 2.00. The Morgan fingerprint density at radius 1 is 1.09 bits per heavy atom. The Labute approximate surface area is 196 Å². The zero-order chi connectivity index (χ0) is 25.3. The number of hydrogen-bond donors (Lipinski definition) is 3. The van der Waals surface area contributed by atoms with Crippen LogP contribution in [0.25, 0.3) is 0 Å². The van der Waals surface area contributed by atoms with Crippen LogP contribution in [0, 0.1) is 23.7 Å². The van der Waals surface area contributed by atoms with E-state index in [1.165, 1.54) is 18.0 Å². The van der Waals surface area contributed by atoms with Gasteiger partial charge >= 0.3 is 0 Å². The molecule has 6 atom stereocenters. The molecule has 182 valence electrons. The standard InChI is InChI=1S/C24H29N3O7/c1-25-23(33)17-20(30)18(27(4)5)12-9-10-8-11-13(26(2)3)6-7-14(28)16(11)19(29)15(10)21(31)24(12,34)22(17)32/h6-7,10,12,15,17-18,28,34H,8-9H2,1-5H3,(H,25,33). The lowest BCUT2D eigenvalue weighted by molar-refractivity contribution is -0.181. The molecule has 34 heavy (non-hydrogen) atoms. The molecule has 0 saturated heterocycles. The monoisotopic (exact) mass is 471 g/mol. The average molecular weight is 472 g/mol. The predicted octanol–water partition coefficient (Wildman–Crippen LogP) is -0.806. The number of rotatable bonds is 3. The number of Topliss-reactive ketones (excluding diaryl/α,β-unsaturated/α-hetero) is 4. The van der Waals surface area contributed by atoms with Crippen molar-refractivity contribution in [3.63, 3.8) is 0 Å². The summed E-state index contributed by atoms with van der Waals surface area (Å²) in [7, 11) is 8.02. The lowest BCUT2D eigenvalue weighted by atomic mass is 9.52. The number of anilines is 1. The summed E-state index contributed by atoms with van der Waals surface area (Å²) in [6.07, 6.45) is 0.314. The number of nitrogens with zero attached hydrogens (tertiary/aromatic N) is 2. The Kier molecular flexibility index (Phi) is 5.64. The molecule has 3 aliphatic rings. The number of phenols is 1. The number of amides is 1. The fraction of sp³-hybridized carbons (Fsp3) is 0.542. The van der Waals surface area contributed by atoms with Crippen molar-refractivity contribution in [1.29, 1.82) is 0 Å². The summed E-state index contributed by atoms with van der Waals surface area (Å²) in [5, 5.41) is 24.3. The second-order valence-corrected chi connectivity index (χ2v) is 9.85. The van der Waals surface area contributed by atoms with Crippen molar-refractivity contribution in [2.75, 3.05) is 40.1 Å². The topological polar surface area (TPSA) is 144 Å². The van der Waals surface area contributed by atoms with Crippen molar-refractivity contribution in [3.8, 4) is 5.75 Å². The van der Waals surface area contributed by atoms with Gasteiger partial charge in [0.15, 0.2) is 34.7 Å². The molecule has 10 heteroatoms. The highest BCUT2D eigenvalue weighted by atomic mass is 16.3. The normalized spacial score (nSPS) is 32.7. The minimum Gasteiger partial charge on any atom is -0.507 e. The van der Waals surface area contributed by atoms with Gasteiger partial charge in [0.2, 0.25) is 5.91 Å². The average Bonchev–Trinajstić information content (AvgIpc) is 2.75. The van der Waals surface area contributed by atoms with Crippen LogP contribution < -0.4 is 10.2 Å². The summed E-state index contributed by atoms with van der Waals surface area (Å²) < 4.78 is 0. The zero-order valence-electron chi connectivity index (χ0n) is 19.8. The summed E-state index contributed by atoms with van der Waals surface area (Å²) in [4.78, 5) is 69.7. The Morgan fingerprint density at radius 2 is 1.74 bits per heavy atom. The molecule has 6 unspecified atom stereocenters. The van der Waals surface area contributed by atoms with E-state index in [2.05, 4.69) is 5.32 Å². The summed E-state index contributed by atoms with van der Waals surface area (Å²) >= 11 is 0. The van der Waals surface area contributed by atoms with E-state index in [9.17, 15) is 34.2 Å². The lowest BCUT2D eigenvalue weighted by Gasteiger charge is -2.52. The molecule has 1 amide bonds. The van der Waals surface area contributed by atoms with Crippen LogP contribution in [0.3, 0.4) is 0 Å². The number of carbonyl (C=O) groups excluding carboxylic acids is 5. The first kappa shape index (κ1) is 24.0. The quantitative estimate of drug-likeness (QED) is 0.482. The van der Waals surface area contributed by atoms with Gasteiger partial charge in [0.1, 0.15) is 5.75 Å². The van der Waals surface area contributed by atoms with E-state index in [1.54, 1.807) is 39.2 Å². The number of fused-ring (bicyclic) bond motifs is 3. The van der Waals surface area contributed by atoms with Gasteiger partial charge in [-0.1, -0.05) is 0 Å². The van der Waals surface area contributed by atoms with Gasteiger partial charge in [-0.25, -0.2) is 0 Å². The van der Waals surface area contributed by atoms with Crippen molar-refractivity contribution >= 4 is 34.7 Å². The smallest absolute Gasteiger partial charge is 0.238 e. The summed E-state index contributed by atoms with van der Waals surface area (Å²) in [6.45, 7) is 0. The van der Waals surface area contributed by atoms with Crippen LogP contribution in [0.4, 0.5) is 5.69 Å². The number of nitrogens with one attached hydrogen (secondary N) is 1. The maximum Gasteiger partial charge on any atom is 0.238 e. The van der Waals surface area contributed by atoms with Gasteiger partial charge in [0.25, 0.3) is 0 Å². The third kappa shape index (κ3) is 3.05. The molecule has 2 fully saturated rings. The molecule has 0 aliphatic heterocycles. The van der Waals surface area contributed by atoms with Gasteiger partial charge in [-0.3, -0.25) is 28.9 Å². The zero-order valence-corrected chi connectivity index (χ0v) is 19.8. The van der Waals surface area contributed by atoms with Gasteiger partial charge in [0.05, 0.1) is 17.5 Å². The van der Waals surface area contributed by atoms with E-state index < -0.39 is 64.4 Å². The molecular formula is C24H29N3O7. The Bertz CT molecular complexity index is 1130. The molecule has 3 N–H and O–H groups in total. The second-order valence-electron chi connectivity index (χ2n) is 9.85. The van der Waals surface area contributed by atoms with Crippen LogP contribution in [0.5, 0.6) is 5.75 Å². The van der Waals surface area contributed by atoms with Gasteiger partial charge in [0, 0.05) is 32.7 Å². The molecule has 0 heterocycles. The SMILES string of the molecule is CNC(=O)C1C(=O)C(N(C)C)C2CC3Cc4c(N(C)C)ccc(O)c4C(=O)C3C(=O)C2(O)C1=O. The van der Waals surface area contributed by atoms with Crippen molar-refractivity contribution in [1.82, 2.24) is 10.2 Å². The highest BCUT2D eigenvalue weighted by molar-refractivity contribution is 6.32. The highest BCUT2D eigenvalue weighted by Gasteiger charge is 2.69. The van der Waals surface area contributed by atoms with Crippen LogP contribution in [0.15, 0.2) is 12.1 Å². The predicted molar refractivity (Wildman–Crippen MR) is 121 cm³/mol. The second kappa shape index (κ2) is 7.99. The number of benzene rings is 1. The molecule has 1 aromatic carbocycles. The van der Waals surface area contributed by atoms with Crippen LogP contribution in [0.2, 0.25) is 0 Å². The highest BCUT2D eigenvalue weighted by Crippen LogP contribution is 2.51. The fourth-order valence-corrected chi connectivity index (χ4v) is 6.13. The molecule has 4 rings (SSSR count). The van der Waals surface area contributed by atoms with E-state index >= 15 is 0 Å². The molecule has 0 radical (unpaired) electrons. The van der Waals surface area contributed by atoms with Crippen LogP contribution in [0.1, 0.15) is 22.3 Å². The Morgan fingerprint density at radius 3 is 2.29 bits per heavy atom. The largest absolute Gasteiger partial charge is 0.507 e. The Balaban J connectivity index is 1.88. The van der Waals surface area contributed by atoms with Crippen LogP contribution in [-0.2, 0) is 25.6 Å². The number of ketones is 4. The van der Waals surface area contributed by atoms with E-state index in [4.69, 9.17) is 0 Å². The third-order valence-electron chi connectivity index (χ3n) is 7.63. The van der Waals surface area contributed by atoms with Gasteiger partial charge in [-0.15, -0.1) is 0 Å². The van der Waals surface area contributed by atoms with Gasteiger partial charge in [-0.05, 0) is 50.6 Å².